The normalized spacial score (nSPS) is 11.9. The van der Waals surface area contributed by atoms with Gasteiger partial charge in [-0.3, -0.25) is 0 Å². The summed E-state index contributed by atoms with van der Waals surface area (Å²) in [5, 5.41) is 3.77. The van der Waals surface area contributed by atoms with Crippen molar-refractivity contribution in [1.29, 1.82) is 0 Å². The van der Waals surface area contributed by atoms with E-state index in [4.69, 9.17) is 5.53 Å². The molecule has 0 saturated heterocycles. The Hall–Kier alpha value is -2.25. The van der Waals surface area contributed by atoms with E-state index in [1.54, 1.807) is 0 Å². The molecule has 0 fully saturated rings. The second-order valence-electron chi connectivity index (χ2n) is 6.88. The van der Waals surface area contributed by atoms with Crippen LogP contribution in [0.15, 0.2) is 29.4 Å². The van der Waals surface area contributed by atoms with Crippen LogP contribution in [-0.4, -0.2) is 0 Å². The third kappa shape index (κ3) is 3.63. The van der Waals surface area contributed by atoms with Crippen molar-refractivity contribution in [2.24, 2.45) is 5.11 Å². The van der Waals surface area contributed by atoms with Crippen LogP contribution in [0.3, 0.4) is 0 Å². The molecule has 2 aromatic carbocycles. The zero-order chi connectivity index (χ0) is 17.9. The first-order valence-electron chi connectivity index (χ1n) is 8.52. The van der Waals surface area contributed by atoms with E-state index in [1.165, 1.54) is 38.9 Å². The van der Waals surface area contributed by atoms with Gasteiger partial charge in [-0.05, 0) is 97.0 Å². The fourth-order valence-corrected chi connectivity index (χ4v) is 3.71. The van der Waals surface area contributed by atoms with E-state index in [1.807, 2.05) is 6.07 Å². The van der Waals surface area contributed by atoms with Crippen molar-refractivity contribution in [3.8, 4) is 0 Å². The van der Waals surface area contributed by atoms with E-state index in [9.17, 15) is 0 Å². The summed E-state index contributed by atoms with van der Waals surface area (Å²) in [5.41, 5.74) is 19.3. The van der Waals surface area contributed by atoms with Gasteiger partial charge >= 0.3 is 0 Å². The number of benzene rings is 2. The third-order valence-corrected chi connectivity index (χ3v) is 5.24. The van der Waals surface area contributed by atoms with Crippen LogP contribution >= 0.6 is 0 Å². The van der Waals surface area contributed by atoms with Gasteiger partial charge in [-0.2, -0.15) is 0 Å². The molecule has 0 spiro atoms. The Labute approximate surface area is 145 Å². The van der Waals surface area contributed by atoms with Crippen LogP contribution < -0.4 is 0 Å². The zero-order valence-electron chi connectivity index (χ0n) is 15.6. The van der Waals surface area contributed by atoms with Gasteiger partial charge in [-0.15, -0.1) is 0 Å². The highest BCUT2D eigenvalue weighted by Crippen LogP contribution is 2.32. The van der Waals surface area contributed by atoms with Crippen LogP contribution in [0, 0.1) is 34.6 Å². The number of aryl methyl sites for hydroxylation is 3. The minimum atomic E-state index is 0.422. The molecular formula is C21H27N3. The summed E-state index contributed by atoms with van der Waals surface area (Å²) >= 11 is 0. The smallest absolute Gasteiger partial charge is 0.0513 e. The molecule has 0 aromatic heterocycles. The molecular weight excluding hydrogens is 294 g/mol. The van der Waals surface area contributed by atoms with Crippen molar-refractivity contribution >= 4 is 0 Å². The molecule has 1 unspecified atom stereocenters. The Kier molecular flexibility index (Phi) is 5.69. The fourth-order valence-electron chi connectivity index (χ4n) is 3.71. The predicted molar refractivity (Wildman–Crippen MR) is 102 cm³/mol. The monoisotopic (exact) mass is 321 g/mol. The van der Waals surface area contributed by atoms with Crippen molar-refractivity contribution in [2.75, 3.05) is 0 Å². The van der Waals surface area contributed by atoms with Crippen molar-refractivity contribution in [1.82, 2.24) is 0 Å². The molecule has 0 radical (unpaired) electrons. The maximum atomic E-state index is 8.64. The molecule has 0 N–H and O–H groups in total. The van der Waals surface area contributed by atoms with E-state index in [2.05, 4.69) is 69.8 Å². The molecule has 0 heterocycles. The van der Waals surface area contributed by atoms with Crippen LogP contribution in [0.4, 0.5) is 0 Å². The number of hydrogen-bond acceptors (Lipinski definition) is 1. The first kappa shape index (κ1) is 18.1. The van der Waals surface area contributed by atoms with Crippen molar-refractivity contribution in [2.45, 2.75) is 60.4 Å². The summed E-state index contributed by atoms with van der Waals surface area (Å²) in [6.45, 7) is 13.7. The van der Waals surface area contributed by atoms with Crippen LogP contribution in [0.1, 0.15) is 57.3 Å². The van der Waals surface area contributed by atoms with Gasteiger partial charge in [0.1, 0.15) is 0 Å². The Morgan fingerprint density at radius 3 is 2.21 bits per heavy atom. The lowest BCUT2D eigenvalue weighted by Gasteiger charge is -2.23. The van der Waals surface area contributed by atoms with Gasteiger partial charge in [-0.1, -0.05) is 36.3 Å². The molecule has 0 aliphatic carbocycles. The highest BCUT2D eigenvalue weighted by atomic mass is 15.1. The Bertz CT molecular complexity index is 773. The van der Waals surface area contributed by atoms with Gasteiger partial charge in [0.2, 0.25) is 0 Å². The highest BCUT2D eigenvalue weighted by molar-refractivity contribution is 5.47. The second kappa shape index (κ2) is 7.55. The van der Waals surface area contributed by atoms with Gasteiger partial charge in [-0.25, -0.2) is 0 Å². The fraction of sp³-hybridized carbons (Fsp3) is 0.429. The van der Waals surface area contributed by atoms with Gasteiger partial charge < -0.3 is 0 Å². The summed E-state index contributed by atoms with van der Waals surface area (Å²) in [6, 6.07) is 8.54. The average Bonchev–Trinajstić information content (AvgIpc) is 2.54. The average molecular weight is 321 g/mol. The van der Waals surface area contributed by atoms with Gasteiger partial charge in [0.25, 0.3) is 0 Å². The number of rotatable bonds is 5. The molecule has 0 amide bonds. The maximum Gasteiger partial charge on any atom is 0.0513 e. The maximum absolute atomic E-state index is 8.64. The summed E-state index contributed by atoms with van der Waals surface area (Å²) < 4.78 is 0. The van der Waals surface area contributed by atoms with E-state index >= 15 is 0 Å². The molecule has 3 heteroatoms. The quantitative estimate of drug-likeness (QED) is 0.348. The molecule has 126 valence electrons. The Balaban J connectivity index is 2.45. The lowest BCUT2D eigenvalue weighted by Crippen LogP contribution is -2.09. The van der Waals surface area contributed by atoms with E-state index in [0.29, 0.717) is 12.5 Å². The standard InChI is InChI=1S/C21H27N3/c1-13-8-7-9-19(12-23-24-22)20(13)11-16(4)21-17(5)14(2)10-15(3)18(21)6/h7-10,16H,11-12H2,1-6H3. The second-order valence-corrected chi connectivity index (χ2v) is 6.88. The highest BCUT2D eigenvalue weighted by Gasteiger charge is 2.17. The zero-order valence-corrected chi connectivity index (χ0v) is 15.6. The molecule has 1 atom stereocenters. The number of hydrogen-bond donors (Lipinski definition) is 0. The molecule has 24 heavy (non-hydrogen) atoms. The minimum absolute atomic E-state index is 0.422. The van der Waals surface area contributed by atoms with Crippen molar-refractivity contribution in [3.05, 3.63) is 79.2 Å². The number of azide groups is 1. The number of nitrogens with zero attached hydrogens (tertiary/aromatic N) is 3. The van der Waals surface area contributed by atoms with Gasteiger partial charge in [0.05, 0.1) is 6.54 Å². The third-order valence-electron chi connectivity index (χ3n) is 5.24. The first-order chi connectivity index (χ1) is 11.4. The van der Waals surface area contributed by atoms with Crippen LogP contribution in [-0.2, 0) is 13.0 Å². The molecule has 2 rings (SSSR count). The topological polar surface area (TPSA) is 48.8 Å². The molecule has 0 saturated carbocycles. The summed E-state index contributed by atoms with van der Waals surface area (Å²) in [7, 11) is 0. The summed E-state index contributed by atoms with van der Waals surface area (Å²) in [5.74, 6) is 0.425. The Morgan fingerprint density at radius 2 is 1.62 bits per heavy atom. The largest absolute Gasteiger partial charge is 0.0893 e. The van der Waals surface area contributed by atoms with E-state index in [-0.39, 0.29) is 0 Å². The lowest BCUT2D eigenvalue weighted by molar-refractivity contribution is 0.732. The van der Waals surface area contributed by atoms with Gasteiger partial charge in [0.15, 0.2) is 0 Å². The molecule has 0 bridgehead atoms. The van der Waals surface area contributed by atoms with E-state index < -0.39 is 0 Å². The van der Waals surface area contributed by atoms with Crippen molar-refractivity contribution < 1.29 is 0 Å². The van der Waals surface area contributed by atoms with Crippen LogP contribution in [0.5, 0.6) is 0 Å². The summed E-state index contributed by atoms with van der Waals surface area (Å²) in [4.78, 5) is 2.92. The lowest BCUT2D eigenvalue weighted by atomic mass is 9.82. The molecule has 0 aliphatic rings. The molecule has 0 aliphatic heterocycles. The molecule has 2 aromatic rings. The van der Waals surface area contributed by atoms with Crippen LogP contribution in [0.2, 0.25) is 0 Å². The Morgan fingerprint density at radius 1 is 1.00 bits per heavy atom. The van der Waals surface area contributed by atoms with Crippen molar-refractivity contribution in [3.63, 3.8) is 0 Å². The minimum Gasteiger partial charge on any atom is -0.0893 e. The molecule has 3 nitrogen and oxygen atoms in total. The van der Waals surface area contributed by atoms with Gasteiger partial charge in [0, 0.05) is 4.91 Å². The SMILES string of the molecule is Cc1cc(C)c(C)c(C(C)Cc2c(C)cccc2CN=[N+]=[N-])c1C. The summed E-state index contributed by atoms with van der Waals surface area (Å²) in [6.07, 6.45) is 0.966. The predicted octanol–water partition coefficient (Wildman–Crippen LogP) is 6.39. The van der Waals surface area contributed by atoms with E-state index in [0.717, 1.165) is 12.0 Å². The van der Waals surface area contributed by atoms with Crippen LogP contribution in [0.25, 0.3) is 10.4 Å². The first-order valence-corrected chi connectivity index (χ1v) is 8.52.